The molecule has 3 aromatic rings. The number of rotatable bonds is 4. The lowest BCUT2D eigenvalue weighted by Gasteiger charge is -2.33. The highest BCUT2D eigenvalue weighted by molar-refractivity contribution is 5.60. The zero-order valence-corrected chi connectivity index (χ0v) is 14.9. The highest BCUT2D eigenvalue weighted by atomic mass is 16.5. The van der Waals surface area contributed by atoms with Gasteiger partial charge in [0.05, 0.1) is 18.8 Å². The number of H-pyrrole nitrogens is 1. The van der Waals surface area contributed by atoms with Crippen LogP contribution in [0.25, 0.3) is 11.3 Å². The van der Waals surface area contributed by atoms with Gasteiger partial charge in [0.1, 0.15) is 11.5 Å². The molecule has 25 heavy (non-hydrogen) atoms. The van der Waals surface area contributed by atoms with Crippen molar-refractivity contribution in [2.75, 3.05) is 6.54 Å². The van der Waals surface area contributed by atoms with Gasteiger partial charge in [-0.1, -0.05) is 11.6 Å². The van der Waals surface area contributed by atoms with E-state index in [2.05, 4.69) is 30.3 Å². The highest BCUT2D eigenvalue weighted by Gasteiger charge is 2.28. The molecule has 0 bridgehead atoms. The molecule has 1 N–H and O–H groups in total. The SMILES string of the molecule is Cc1nc(C2CCCCN2Cc2cc(-c3cnn(C)c3C)no2)n[nH]1. The summed E-state index contributed by atoms with van der Waals surface area (Å²) < 4.78 is 7.44. The van der Waals surface area contributed by atoms with E-state index in [9.17, 15) is 0 Å². The van der Waals surface area contributed by atoms with Crippen LogP contribution >= 0.6 is 0 Å². The van der Waals surface area contributed by atoms with Crippen molar-refractivity contribution in [1.82, 2.24) is 35.0 Å². The Kier molecular flexibility index (Phi) is 4.12. The van der Waals surface area contributed by atoms with E-state index < -0.39 is 0 Å². The number of nitrogens with one attached hydrogen (secondary N) is 1. The normalized spacial score (nSPS) is 18.8. The first-order valence-corrected chi connectivity index (χ1v) is 8.69. The molecule has 0 aliphatic carbocycles. The first-order chi connectivity index (χ1) is 12.1. The molecule has 1 atom stereocenters. The van der Waals surface area contributed by atoms with Gasteiger partial charge >= 0.3 is 0 Å². The second-order valence-corrected chi connectivity index (χ2v) is 6.71. The summed E-state index contributed by atoms with van der Waals surface area (Å²) in [5.74, 6) is 2.59. The topological polar surface area (TPSA) is 88.7 Å². The smallest absolute Gasteiger partial charge is 0.167 e. The minimum Gasteiger partial charge on any atom is -0.359 e. The Balaban J connectivity index is 1.53. The van der Waals surface area contributed by atoms with E-state index in [0.29, 0.717) is 6.54 Å². The second-order valence-electron chi connectivity index (χ2n) is 6.71. The summed E-state index contributed by atoms with van der Waals surface area (Å²) in [6.45, 7) is 5.69. The molecule has 8 nitrogen and oxygen atoms in total. The van der Waals surface area contributed by atoms with E-state index in [4.69, 9.17) is 4.52 Å². The van der Waals surface area contributed by atoms with Gasteiger partial charge in [0.2, 0.25) is 0 Å². The summed E-state index contributed by atoms with van der Waals surface area (Å²) in [7, 11) is 1.93. The fraction of sp³-hybridized carbons (Fsp3) is 0.529. The van der Waals surface area contributed by atoms with Crippen molar-refractivity contribution in [2.24, 2.45) is 7.05 Å². The van der Waals surface area contributed by atoms with E-state index in [-0.39, 0.29) is 6.04 Å². The van der Waals surface area contributed by atoms with Gasteiger partial charge in [-0.2, -0.15) is 10.2 Å². The van der Waals surface area contributed by atoms with Gasteiger partial charge in [0, 0.05) is 24.4 Å². The van der Waals surface area contributed by atoms with Crippen molar-refractivity contribution in [1.29, 1.82) is 0 Å². The molecule has 1 saturated heterocycles. The van der Waals surface area contributed by atoms with Crippen LogP contribution in [0.1, 0.15) is 48.4 Å². The molecule has 8 heteroatoms. The number of aromatic amines is 1. The molecule has 0 saturated carbocycles. The Morgan fingerprint density at radius 2 is 2.20 bits per heavy atom. The summed E-state index contributed by atoms with van der Waals surface area (Å²) >= 11 is 0. The van der Waals surface area contributed by atoms with Crippen molar-refractivity contribution < 1.29 is 4.52 Å². The van der Waals surface area contributed by atoms with Gasteiger partial charge in [-0.15, -0.1) is 0 Å². The van der Waals surface area contributed by atoms with Crippen LogP contribution in [0.5, 0.6) is 0 Å². The fourth-order valence-corrected chi connectivity index (χ4v) is 3.45. The van der Waals surface area contributed by atoms with Crippen LogP contribution in [0.3, 0.4) is 0 Å². The zero-order valence-electron chi connectivity index (χ0n) is 14.9. The molecule has 4 rings (SSSR count). The molecule has 4 heterocycles. The van der Waals surface area contributed by atoms with Gasteiger partial charge in [-0.05, 0) is 33.2 Å². The van der Waals surface area contributed by atoms with Crippen LogP contribution in [0.15, 0.2) is 16.8 Å². The number of piperidine rings is 1. The number of likely N-dealkylation sites (tertiary alicyclic amines) is 1. The Morgan fingerprint density at radius 3 is 2.92 bits per heavy atom. The third-order valence-electron chi connectivity index (χ3n) is 4.96. The molecule has 132 valence electrons. The van der Waals surface area contributed by atoms with E-state index >= 15 is 0 Å². The maximum absolute atomic E-state index is 5.60. The highest BCUT2D eigenvalue weighted by Crippen LogP contribution is 2.31. The number of nitrogens with zero attached hydrogens (tertiary/aromatic N) is 6. The molecule has 0 amide bonds. The van der Waals surface area contributed by atoms with Gasteiger partial charge in [0.15, 0.2) is 11.6 Å². The van der Waals surface area contributed by atoms with Crippen molar-refractivity contribution in [2.45, 2.75) is 45.7 Å². The Hall–Kier alpha value is -2.48. The molecule has 0 aromatic carbocycles. The number of hydrogen-bond donors (Lipinski definition) is 1. The summed E-state index contributed by atoms with van der Waals surface area (Å²) in [6.07, 6.45) is 5.28. The maximum atomic E-state index is 5.60. The quantitative estimate of drug-likeness (QED) is 0.784. The van der Waals surface area contributed by atoms with Crippen molar-refractivity contribution in [3.63, 3.8) is 0 Å². The minimum absolute atomic E-state index is 0.229. The molecule has 0 radical (unpaired) electrons. The van der Waals surface area contributed by atoms with E-state index in [1.807, 2.05) is 37.8 Å². The van der Waals surface area contributed by atoms with Gasteiger partial charge in [0.25, 0.3) is 0 Å². The third-order valence-corrected chi connectivity index (χ3v) is 4.96. The molecule has 1 aliphatic rings. The van der Waals surface area contributed by atoms with Gasteiger partial charge in [-0.3, -0.25) is 14.7 Å². The van der Waals surface area contributed by atoms with Gasteiger partial charge < -0.3 is 4.52 Å². The van der Waals surface area contributed by atoms with Crippen molar-refractivity contribution in [3.05, 3.63) is 35.4 Å². The van der Waals surface area contributed by atoms with E-state index in [1.54, 1.807) is 0 Å². The van der Waals surface area contributed by atoms with Crippen molar-refractivity contribution >= 4 is 0 Å². The standard InChI is InChI=1S/C17H23N7O/c1-11-14(9-18-23(11)3)15-8-13(25-22-15)10-24-7-5-4-6-16(24)17-19-12(2)20-21-17/h8-9,16H,4-7,10H2,1-3H3,(H,19,20,21). The number of aromatic nitrogens is 6. The average molecular weight is 341 g/mol. The van der Waals surface area contributed by atoms with Crippen LogP contribution in [0.4, 0.5) is 0 Å². The van der Waals surface area contributed by atoms with Crippen molar-refractivity contribution in [3.8, 4) is 11.3 Å². The number of hydrogen-bond acceptors (Lipinski definition) is 6. The average Bonchev–Trinajstić information content (AvgIpc) is 3.31. The Morgan fingerprint density at radius 1 is 1.32 bits per heavy atom. The predicted molar refractivity (Wildman–Crippen MR) is 91.6 cm³/mol. The molecule has 3 aromatic heterocycles. The lowest BCUT2D eigenvalue weighted by Crippen LogP contribution is -2.33. The summed E-state index contributed by atoms with van der Waals surface area (Å²) in [6, 6.07) is 2.24. The Labute approximate surface area is 146 Å². The maximum Gasteiger partial charge on any atom is 0.167 e. The zero-order chi connectivity index (χ0) is 17.4. The van der Waals surface area contributed by atoms with Crippen LogP contribution < -0.4 is 0 Å². The summed E-state index contributed by atoms with van der Waals surface area (Å²) in [5, 5.41) is 15.8. The van der Waals surface area contributed by atoms with Crippen LogP contribution in [-0.4, -0.2) is 41.6 Å². The molecular formula is C17H23N7O. The molecule has 0 spiro atoms. The van der Waals surface area contributed by atoms with Crippen LogP contribution in [0, 0.1) is 13.8 Å². The lowest BCUT2D eigenvalue weighted by molar-refractivity contribution is 0.120. The summed E-state index contributed by atoms with van der Waals surface area (Å²) in [4.78, 5) is 6.91. The largest absolute Gasteiger partial charge is 0.359 e. The monoisotopic (exact) mass is 341 g/mol. The molecule has 1 fully saturated rings. The number of aryl methyl sites for hydroxylation is 2. The van der Waals surface area contributed by atoms with E-state index in [0.717, 1.165) is 47.3 Å². The third kappa shape index (κ3) is 3.09. The minimum atomic E-state index is 0.229. The lowest BCUT2D eigenvalue weighted by atomic mass is 10.0. The summed E-state index contributed by atoms with van der Waals surface area (Å²) in [5.41, 5.74) is 2.92. The first-order valence-electron chi connectivity index (χ1n) is 8.69. The van der Waals surface area contributed by atoms with Crippen LogP contribution in [-0.2, 0) is 13.6 Å². The Bertz CT molecular complexity index is 862. The fourth-order valence-electron chi connectivity index (χ4n) is 3.45. The van der Waals surface area contributed by atoms with Crippen LogP contribution in [0.2, 0.25) is 0 Å². The molecule has 1 aliphatic heterocycles. The second kappa shape index (κ2) is 6.44. The first kappa shape index (κ1) is 16.0. The predicted octanol–water partition coefficient (Wildman–Crippen LogP) is 2.54. The molecule has 1 unspecified atom stereocenters. The van der Waals surface area contributed by atoms with Gasteiger partial charge in [-0.25, -0.2) is 4.98 Å². The molecular weight excluding hydrogens is 318 g/mol. The van der Waals surface area contributed by atoms with E-state index in [1.165, 1.54) is 12.8 Å².